The molecule has 4 heterocycles. The minimum absolute atomic E-state index is 0.00754. The van der Waals surface area contributed by atoms with Crippen molar-refractivity contribution in [1.29, 1.82) is 0 Å². The van der Waals surface area contributed by atoms with Gasteiger partial charge in [0.05, 0.1) is 11.7 Å². The third-order valence-electron chi connectivity index (χ3n) is 5.07. The lowest BCUT2D eigenvalue weighted by molar-refractivity contribution is -0.689. The van der Waals surface area contributed by atoms with Gasteiger partial charge < -0.3 is 25.8 Å². The summed E-state index contributed by atoms with van der Waals surface area (Å²) in [6, 6.07) is 4.49. The third kappa shape index (κ3) is 5.01. The molecule has 2 aromatic heterocycles. The molecular formula is C21H19ClN6O5S2. The molecule has 3 N–H and O–H groups in total. The first-order chi connectivity index (χ1) is 16.8. The second kappa shape index (κ2) is 10.5. The minimum Gasteiger partial charge on any atom is -0.543 e. The number of nitrogens with two attached hydrogens (primary N) is 1. The molecule has 0 saturated carbocycles. The van der Waals surface area contributed by atoms with Crippen molar-refractivity contribution in [3.05, 3.63) is 64.5 Å². The highest BCUT2D eigenvalue weighted by molar-refractivity contribution is 8.00. The second-order valence-electron chi connectivity index (χ2n) is 7.35. The number of hydrogen-bond acceptors (Lipinski definition) is 10. The number of oxime groups is 1. The molecule has 0 spiro atoms. The summed E-state index contributed by atoms with van der Waals surface area (Å²) in [5.41, 5.74) is 5.77. The monoisotopic (exact) mass is 534 g/mol. The molecule has 1 saturated heterocycles. The number of carbonyl (C=O) groups is 3. The van der Waals surface area contributed by atoms with E-state index < -0.39 is 29.2 Å². The first-order valence-corrected chi connectivity index (χ1v) is 12.4. The number of thiazole rings is 1. The lowest BCUT2D eigenvalue weighted by atomic mass is 10.0. The summed E-state index contributed by atoms with van der Waals surface area (Å²) in [5.74, 6) is -2.47. The Labute approximate surface area is 212 Å². The maximum Gasteiger partial charge on any atom is 0.276 e. The molecule has 14 heteroatoms. The largest absolute Gasteiger partial charge is 0.543 e. The molecule has 1 unspecified atom stereocenters. The van der Waals surface area contributed by atoms with Gasteiger partial charge in [-0.15, -0.1) is 11.8 Å². The quantitative estimate of drug-likeness (QED) is 0.111. The SMILES string of the molecule is C=CCON=C(C(=O)NC1C(=O)N2C(C(=O)[O-])=C(C[n+]3ccccc3)CS[C@H]12)c1nc(N)sc1Cl. The number of carboxylic acids is 1. The van der Waals surface area contributed by atoms with Crippen LogP contribution in [0.5, 0.6) is 0 Å². The molecule has 0 bridgehead atoms. The molecule has 2 amide bonds. The smallest absolute Gasteiger partial charge is 0.276 e. The molecule has 11 nitrogen and oxygen atoms in total. The van der Waals surface area contributed by atoms with Gasteiger partial charge in [-0.2, -0.15) is 0 Å². The lowest BCUT2D eigenvalue weighted by Gasteiger charge is -2.50. The Morgan fingerprint density at radius 3 is 2.80 bits per heavy atom. The number of rotatable bonds is 9. The number of carbonyl (C=O) groups excluding carboxylic acids is 3. The molecule has 0 aliphatic carbocycles. The summed E-state index contributed by atoms with van der Waals surface area (Å²) >= 11 is 8.42. The van der Waals surface area contributed by atoms with Gasteiger partial charge >= 0.3 is 0 Å². The second-order valence-corrected chi connectivity index (χ2v) is 10.1. The third-order valence-corrected chi connectivity index (χ3v) is 7.49. The molecule has 2 atom stereocenters. The van der Waals surface area contributed by atoms with Gasteiger partial charge in [-0.1, -0.05) is 46.8 Å². The average Bonchev–Trinajstić information content (AvgIpc) is 3.17. The van der Waals surface area contributed by atoms with E-state index in [1.54, 1.807) is 17.0 Å². The Bertz CT molecular complexity index is 1250. The number of anilines is 1. The van der Waals surface area contributed by atoms with Gasteiger partial charge in [0.1, 0.15) is 28.1 Å². The Balaban J connectivity index is 1.55. The normalized spacial score (nSPS) is 19.6. The van der Waals surface area contributed by atoms with Crippen LogP contribution in [0.1, 0.15) is 5.69 Å². The molecule has 4 rings (SSSR count). The van der Waals surface area contributed by atoms with E-state index in [0.29, 0.717) is 11.3 Å². The minimum atomic E-state index is -1.45. The molecule has 1 fully saturated rings. The summed E-state index contributed by atoms with van der Waals surface area (Å²) in [7, 11) is 0. The van der Waals surface area contributed by atoms with Crippen molar-refractivity contribution in [1.82, 2.24) is 15.2 Å². The predicted molar refractivity (Wildman–Crippen MR) is 128 cm³/mol. The molecule has 2 aromatic rings. The molecular weight excluding hydrogens is 516 g/mol. The number of halogens is 1. The van der Waals surface area contributed by atoms with Crippen LogP contribution in [0.25, 0.3) is 0 Å². The van der Waals surface area contributed by atoms with Crippen molar-refractivity contribution in [3.8, 4) is 0 Å². The number of thioether (sulfide) groups is 1. The van der Waals surface area contributed by atoms with E-state index in [0.717, 1.165) is 16.2 Å². The van der Waals surface area contributed by atoms with Crippen LogP contribution < -0.4 is 20.7 Å². The van der Waals surface area contributed by atoms with Crippen LogP contribution in [0.2, 0.25) is 4.34 Å². The fourth-order valence-electron chi connectivity index (χ4n) is 3.57. The summed E-state index contributed by atoms with van der Waals surface area (Å²) in [5, 5.41) is 17.8. The number of aliphatic carboxylic acids is 1. The Kier molecular flexibility index (Phi) is 7.38. The molecule has 35 heavy (non-hydrogen) atoms. The van der Waals surface area contributed by atoms with Crippen LogP contribution in [-0.4, -0.2) is 57.2 Å². The molecule has 0 aromatic carbocycles. The van der Waals surface area contributed by atoms with Crippen molar-refractivity contribution in [2.75, 3.05) is 18.1 Å². The number of nitrogens with one attached hydrogen (secondary N) is 1. The first-order valence-electron chi connectivity index (χ1n) is 10.2. The van der Waals surface area contributed by atoms with E-state index >= 15 is 0 Å². The Hall–Kier alpha value is -3.42. The summed E-state index contributed by atoms with van der Waals surface area (Å²) in [6.45, 7) is 3.81. The topological polar surface area (TPSA) is 154 Å². The predicted octanol–water partition coefficient (Wildman–Crippen LogP) is -0.323. The van der Waals surface area contributed by atoms with Gasteiger partial charge in [0.25, 0.3) is 11.8 Å². The number of nitrogen functional groups attached to an aromatic ring is 1. The molecule has 2 aliphatic heterocycles. The fourth-order valence-corrected chi connectivity index (χ4v) is 5.84. The van der Waals surface area contributed by atoms with Crippen LogP contribution in [-0.2, 0) is 25.8 Å². The highest BCUT2D eigenvalue weighted by atomic mass is 35.5. The van der Waals surface area contributed by atoms with Crippen LogP contribution >= 0.6 is 34.7 Å². The molecule has 182 valence electrons. The maximum absolute atomic E-state index is 13.0. The van der Waals surface area contributed by atoms with E-state index in [1.807, 2.05) is 18.2 Å². The van der Waals surface area contributed by atoms with Gasteiger partial charge in [0.2, 0.25) is 0 Å². The number of nitrogens with zero attached hydrogens (tertiary/aromatic N) is 4. The van der Waals surface area contributed by atoms with Crippen molar-refractivity contribution in [2.24, 2.45) is 5.16 Å². The van der Waals surface area contributed by atoms with Crippen molar-refractivity contribution in [2.45, 2.75) is 18.0 Å². The van der Waals surface area contributed by atoms with Gasteiger partial charge in [-0.3, -0.25) is 14.5 Å². The summed E-state index contributed by atoms with van der Waals surface area (Å²) in [6.07, 6.45) is 5.02. The van der Waals surface area contributed by atoms with Gasteiger partial charge in [0, 0.05) is 23.5 Å². The number of β-lactam (4-membered cyclic amide) rings is 1. The van der Waals surface area contributed by atoms with Crippen molar-refractivity contribution in [3.63, 3.8) is 0 Å². The van der Waals surface area contributed by atoms with Gasteiger partial charge in [0.15, 0.2) is 29.8 Å². The number of hydrogen-bond donors (Lipinski definition) is 2. The standard InChI is InChI=1S/C21H19ClN6O5S2/c1-2-8-33-26-13(12-16(22)35-21(23)25-12)17(29)24-14-18(30)28-15(20(31)32)11(10-34-19(14)28)9-27-6-4-3-5-7-27/h2-7,14,19H,1,8-10H2,(H3-,23,24,25,29,31,32)/t14?,19-/m1/s1. The van der Waals surface area contributed by atoms with E-state index in [4.69, 9.17) is 22.2 Å². The van der Waals surface area contributed by atoms with Gasteiger partial charge in [-0.05, 0) is 0 Å². The number of pyridine rings is 1. The van der Waals surface area contributed by atoms with Crippen LogP contribution in [0.15, 0.2) is 59.7 Å². The van der Waals surface area contributed by atoms with Gasteiger partial charge in [-0.25, -0.2) is 9.55 Å². The van der Waals surface area contributed by atoms with E-state index in [2.05, 4.69) is 22.0 Å². The van der Waals surface area contributed by atoms with Crippen molar-refractivity contribution < 1.29 is 28.9 Å². The van der Waals surface area contributed by atoms with Crippen LogP contribution in [0, 0.1) is 0 Å². The van der Waals surface area contributed by atoms with E-state index in [1.165, 1.54) is 17.8 Å². The highest BCUT2D eigenvalue weighted by Gasteiger charge is 2.53. The molecule has 0 radical (unpaired) electrons. The Morgan fingerprint density at radius 1 is 1.43 bits per heavy atom. The van der Waals surface area contributed by atoms with Crippen molar-refractivity contribution >= 4 is 63.3 Å². The van der Waals surface area contributed by atoms with Crippen LogP contribution in [0.4, 0.5) is 5.13 Å². The average molecular weight is 535 g/mol. The van der Waals surface area contributed by atoms with E-state index in [9.17, 15) is 19.5 Å². The number of amides is 2. The Morgan fingerprint density at radius 2 is 2.17 bits per heavy atom. The first kappa shape index (κ1) is 24.7. The fraction of sp³-hybridized carbons (Fsp3) is 0.238. The van der Waals surface area contributed by atoms with E-state index in [-0.39, 0.29) is 39.7 Å². The molecule has 2 aliphatic rings. The highest BCUT2D eigenvalue weighted by Crippen LogP contribution is 2.40. The summed E-state index contributed by atoms with van der Waals surface area (Å²) in [4.78, 5) is 48.2. The maximum atomic E-state index is 13.0. The summed E-state index contributed by atoms with van der Waals surface area (Å²) < 4.78 is 1.93. The number of carboxylic acid groups (broad SMARTS) is 1. The lowest BCUT2D eigenvalue weighted by Crippen LogP contribution is -2.71. The zero-order chi connectivity index (χ0) is 25.1. The zero-order valence-corrected chi connectivity index (χ0v) is 20.4. The number of aromatic nitrogens is 2. The zero-order valence-electron chi connectivity index (χ0n) is 18.0. The number of fused-ring (bicyclic) bond motifs is 1. The van der Waals surface area contributed by atoms with Crippen LogP contribution in [0.3, 0.4) is 0 Å².